The maximum atomic E-state index is 10.4. The van der Waals surface area contributed by atoms with Crippen LogP contribution in [-0.2, 0) is 0 Å². The molecule has 0 aliphatic heterocycles. The van der Waals surface area contributed by atoms with Crippen LogP contribution < -0.4 is 0 Å². The van der Waals surface area contributed by atoms with Crippen molar-refractivity contribution in [2.24, 2.45) is 5.34 Å². The summed E-state index contributed by atoms with van der Waals surface area (Å²) in [5.74, 6) is 0. The van der Waals surface area contributed by atoms with Crippen molar-refractivity contribution in [3.05, 3.63) is 40.8 Å². The third-order valence-corrected chi connectivity index (χ3v) is 1.22. The first kappa shape index (κ1) is 10.6. The Bertz CT molecular complexity index is 250. The van der Waals surface area contributed by atoms with Crippen molar-refractivity contribution < 1.29 is 10.0 Å². The number of hydrogen-bond acceptors (Lipinski definition) is 3. The number of benzene rings is 1. The zero-order valence-corrected chi connectivity index (χ0v) is 6.73. The van der Waals surface area contributed by atoms with E-state index in [1.165, 1.54) is 5.34 Å². The van der Waals surface area contributed by atoms with Gasteiger partial charge in [-0.3, -0.25) is 4.79 Å². The van der Waals surface area contributed by atoms with Crippen molar-refractivity contribution in [1.29, 1.82) is 0 Å². The molecule has 0 aliphatic carbocycles. The van der Waals surface area contributed by atoms with Gasteiger partial charge in [0.15, 0.2) is 5.34 Å². The van der Waals surface area contributed by atoms with Gasteiger partial charge in [-0.05, 0) is 11.6 Å². The Kier molecular flexibility index (Phi) is 5.55. The smallest absolute Gasteiger partial charge is 0.252 e. The highest BCUT2D eigenvalue weighted by Gasteiger charge is 1.95. The number of carbonyl (C=O) groups excluding carboxylic acids is 1. The Morgan fingerprint density at radius 1 is 1.33 bits per heavy atom. The highest BCUT2D eigenvalue weighted by Crippen LogP contribution is 2.01. The average Bonchev–Trinajstić information content (AvgIpc) is 2.07. The summed E-state index contributed by atoms with van der Waals surface area (Å²) in [6.07, 6.45) is 0. The van der Waals surface area contributed by atoms with Crippen molar-refractivity contribution in [1.82, 2.24) is 0 Å². The first-order valence-corrected chi connectivity index (χ1v) is 3.31. The van der Waals surface area contributed by atoms with E-state index in [1.807, 2.05) is 6.07 Å². The molecule has 0 bridgehead atoms. The third-order valence-electron chi connectivity index (χ3n) is 1.00. The summed E-state index contributed by atoms with van der Waals surface area (Å²) in [6, 6.07) is 8.74. The van der Waals surface area contributed by atoms with Gasteiger partial charge in [0.05, 0.1) is 0 Å². The minimum Gasteiger partial charge on any atom is -0.379 e. The molecule has 1 aromatic carbocycles. The SMILES string of the molecule is O=C(Cl)c1ccccc1.O=NO. The number of rotatable bonds is 1. The highest BCUT2D eigenvalue weighted by molar-refractivity contribution is 6.67. The lowest BCUT2D eigenvalue weighted by Crippen LogP contribution is -1.84. The van der Waals surface area contributed by atoms with Gasteiger partial charge in [-0.15, -0.1) is 4.91 Å². The molecule has 0 unspecified atom stereocenters. The zero-order chi connectivity index (χ0) is 9.40. The van der Waals surface area contributed by atoms with Crippen molar-refractivity contribution in [2.45, 2.75) is 0 Å². The molecule has 0 saturated heterocycles. The van der Waals surface area contributed by atoms with Crippen LogP contribution in [-0.4, -0.2) is 10.4 Å². The lowest BCUT2D eigenvalue weighted by molar-refractivity contribution is 0.108. The van der Waals surface area contributed by atoms with Gasteiger partial charge in [0, 0.05) is 5.56 Å². The fraction of sp³-hybridized carbons (Fsp3) is 0. The molecule has 5 heteroatoms. The summed E-state index contributed by atoms with van der Waals surface area (Å²) in [7, 11) is 0. The molecule has 1 rings (SSSR count). The molecule has 0 spiro atoms. The fourth-order valence-corrected chi connectivity index (χ4v) is 0.695. The second kappa shape index (κ2) is 6.30. The van der Waals surface area contributed by atoms with Crippen LogP contribution >= 0.6 is 11.6 Å². The zero-order valence-electron chi connectivity index (χ0n) is 5.98. The molecule has 1 N–H and O–H groups in total. The predicted molar refractivity (Wildman–Crippen MR) is 44.2 cm³/mol. The van der Waals surface area contributed by atoms with Crippen LogP contribution in [0.25, 0.3) is 0 Å². The summed E-state index contributed by atoms with van der Waals surface area (Å²) in [5.41, 5.74) is 0.541. The van der Waals surface area contributed by atoms with E-state index in [9.17, 15) is 4.79 Å². The molecule has 0 aromatic heterocycles. The third kappa shape index (κ3) is 4.40. The molecule has 0 saturated carbocycles. The van der Waals surface area contributed by atoms with E-state index >= 15 is 0 Å². The Morgan fingerprint density at radius 3 is 2.00 bits per heavy atom. The second-order valence-electron chi connectivity index (χ2n) is 1.72. The minimum absolute atomic E-state index is 0.407. The summed E-state index contributed by atoms with van der Waals surface area (Å²) in [6.45, 7) is 0. The second-order valence-corrected chi connectivity index (χ2v) is 2.06. The van der Waals surface area contributed by atoms with E-state index in [0.717, 1.165) is 0 Å². The van der Waals surface area contributed by atoms with Gasteiger partial charge in [0.25, 0.3) is 5.24 Å². The van der Waals surface area contributed by atoms with Crippen molar-refractivity contribution in [2.75, 3.05) is 0 Å². The normalized spacial score (nSPS) is 7.75. The predicted octanol–water partition coefficient (Wildman–Crippen LogP) is 2.21. The minimum atomic E-state index is -0.407. The molecule has 0 amide bonds. The summed E-state index contributed by atoms with van der Waals surface area (Å²) >= 11 is 5.16. The van der Waals surface area contributed by atoms with Gasteiger partial charge in [-0.2, -0.15) is 0 Å². The van der Waals surface area contributed by atoms with Gasteiger partial charge in [0.1, 0.15) is 0 Å². The standard InChI is InChI=1S/C7H5ClO.HNO2/c8-7(9)6-4-2-1-3-5-6;2-1-3/h1-5H;(H,2,3). The van der Waals surface area contributed by atoms with Crippen molar-refractivity contribution >= 4 is 16.8 Å². The largest absolute Gasteiger partial charge is 0.379 e. The first-order valence-electron chi connectivity index (χ1n) is 2.94. The summed E-state index contributed by atoms with van der Waals surface area (Å²) in [4.78, 5) is 18.5. The van der Waals surface area contributed by atoms with Crippen molar-refractivity contribution in [3.8, 4) is 0 Å². The molecule has 0 radical (unpaired) electrons. The van der Waals surface area contributed by atoms with E-state index in [0.29, 0.717) is 5.56 Å². The molecule has 64 valence electrons. The molecule has 0 fully saturated rings. The quantitative estimate of drug-likeness (QED) is 0.416. The lowest BCUT2D eigenvalue weighted by atomic mass is 10.2. The van der Waals surface area contributed by atoms with Gasteiger partial charge in [-0.1, -0.05) is 30.3 Å². The Labute approximate surface area is 73.7 Å². The molecule has 12 heavy (non-hydrogen) atoms. The summed E-state index contributed by atoms with van der Waals surface area (Å²) in [5, 5.41) is 7.48. The molecule has 0 aliphatic rings. The Morgan fingerprint density at radius 2 is 1.75 bits per heavy atom. The summed E-state index contributed by atoms with van der Waals surface area (Å²) < 4.78 is 0. The van der Waals surface area contributed by atoms with Crippen LogP contribution in [0.3, 0.4) is 0 Å². The molecule has 1 aromatic rings. The van der Waals surface area contributed by atoms with Crippen LogP contribution in [0.1, 0.15) is 10.4 Å². The van der Waals surface area contributed by atoms with Gasteiger partial charge in [-0.25, -0.2) is 0 Å². The molecular formula is C7H6ClNO3. The van der Waals surface area contributed by atoms with Crippen LogP contribution in [0, 0.1) is 4.91 Å². The Balaban J connectivity index is 0.000000354. The number of nitrogens with zero attached hydrogens (tertiary/aromatic N) is 1. The molecule has 0 atom stereocenters. The van der Waals surface area contributed by atoms with Gasteiger partial charge >= 0.3 is 0 Å². The molecular weight excluding hydrogens is 182 g/mol. The van der Waals surface area contributed by atoms with Gasteiger partial charge in [0.2, 0.25) is 0 Å². The fourth-order valence-electron chi connectivity index (χ4n) is 0.569. The number of carbonyl (C=O) groups is 1. The topological polar surface area (TPSA) is 66.7 Å². The van der Waals surface area contributed by atoms with Gasteiger partial charge < -0.3 is 5.21 Å². The molecule has 4 nitrogen and oxygen atoms in total. The maximum Gasteiger partial charge on any atom is 0.252 e. The van der Waals surface area contributed by atoms with Crippen LogP contribution in [0.15, 0.2) is 35.7 Å². The molecule has 0 heterocycles. The van der Waals surface area contributed by atoms with E-state index in [1.54, 1.807) is 24.3 Å². The van der Waals surface area contributed by atoms with Crippen LogP contribution in [0.5, 0.6) is 0 Å². The van der Waals surface area contributed by atoms with Crippen molar-refractivity contribution in [3.63, 3.8) is 0 Å². The van der Waals surface area contributed by atoms with Crippen LogP contribution in [0.4, 0.5) is 0 Å². The van der Waals surface area contributed by atoms with E-state index in [2.05, 4.69) is 0 Å². The monoisotopic (exact) mass is 187 g/mol. The lowest BCUT2D eigenvalue weighted by Gasteiger charge is -1.87. The number of halogens is 1. The average molecular weight is 188 g/mol. The first-order chi connectivity index (χ1) is 5.72. The van der Waals surface area contributed by atoms with E-state index < -0.39 is 5.24 Å². The van der Waals surface area contributed by atoms with E-state index in [-0.39, 0.29) is 0 Å². The Hall–Kier alpha value is -1.42. The maximum absolute atomic E-state index is 10.4. The van der Waals surface area contributed by atoms with E-state index in [4.69, 9.17) is 21.7 Å². The van der Waals surface area contributed by atoms with Crippen LogP contribution in [0.2, 0.25) is 0 Å². The number of hydrogen-bond donors (Lipinski definition) is 1. The highest BCUT2D eigenvalue weighted by atomic mass is 35.5.